The summed E-state index contributed by atoms with van der Waals surface area (Å²) in [5, 5.41) is 9.53. The molecule has 0 unspecified atom stereocenters. The zero-order valence-corrected chi connectivity index (χ0v) is 19.1. The van der Waals surface area contributed by atoms with Crippen LogP contribution in [0.25, 0.3) is 10.8 Å². The average molecular weight is 461 g/mol. The second-order valence-electron chi connectivity index (χ2n) is 7.41. The van der Waals surface area contributed by atoms with E-state index in [0.29, 0.717) is 29.3 Å². The molecule has 7 heteroatoms. The largest absolute Gasteiger partial charge is 0.495 e. The zero-order valence-electron chi connectivity index (χ0n) is 18.3. The van der Waals surface area contributed by atoms with Gasteiger partial charge in [-0.25, -0.2) is 0 Å². The molecule has 4 rings (SSSR count). The molecule has 0 saturated heterocycles. The Hall–Kier alpha value is -3.84. The van der Waals surface area contributed by atoms with Crippen molar-refractivity contribution in [1.82, 2.24) is 5.32 Å². The number of benzene rings is 3. The minimum Gasteiger partial charge on any atom is -0.495 e. The maximum atomic E-state index is 13.2. The number of carbonyl (C=O) groups excluding carboxylic acids is 2. The molecular weight excluding hydrogens is 436 g/mol. The average Bonchev–Trinajstić information content (AvgIpc) is 3.36. The molecule has 0 saturated carbocycles. The van der Waals surface area contributed by atoms with E-state index in [0.717, 1.165) is 15.6 Å². The van der Waals surface area contributed by atoms with Crippen LogP contribution in [0.3, 0.4) is 0 Å². The number of carbonyl (C=O) groups is 2. The molecule has 0 aliphatic heterocycles. The Balaban J connectivity index is 1.59. The van der Waals surface area contributed by atoms with Gasteiger partial charge in [-0.05, 0) is 53.4 Å². The highest BCUT2D eigenvalue weighted by atomic mass is 32.1. The molecule has 0 bridgehead atoms. The molecule has 6 nitrogen and oxygen atoms in total. The molecular formula is C26H24N2O4S. The van der Waals surface area contributed by atoms with Gasteiger partial charge in [0.15, 0.2) is 6.10 Å². The van der Waals surface area contributed by atoms with Crippen molar-refractivity contribution in [3.05, 3.63) is 88.6 Å². The standard InChI is InChI=1S/C26H24N2O4S/c1-17(25(29)27-16-20-10-7-13-33-20)32-24-15-19-9-4-3-8-18(19)14-21(24)26(30)28-22-11-5-6-12-23(22)31-2/h3-15,17H,16H2,1-2H3,(H,27,29)(H,28,30)/t17-/m0/s1. The number of rotatable bonds is 8. The number of fused-ring (bicyclic) bond motifs is 1. The van der Waals surface area contributed by atoms with Crippen molar-refractivity contribution in [2.24, 2.45) is 0 Å². The topological polar surface area (TPSA) is 76.7 Å². The molecule has 1 heterocycles. The van der Waals surface area contributed by atoms with Crippen LogP contribution >= 0.6 is 11.3 Å². The number of anilines is 1. The Morgan fingerprint density at radius 1 is 0.939 bits per heavy atom. The highest BCUT2D eigenvalue weighted by molar-refractivity contribution is 7.09. The summed E-state index contributed by atoms with van der Waals surface area (Å²) in [5.41, 5.74) is 0.878. The van der Waals surface area contributed by atoms with Gasteiger partial charge in [-0.2, -0.15) is 0 Å². The van der Waals surface area contributed by atoms with E-state index in [-0.39, 0.29) is 11.8 Å². The van der Waals surface area contributed by atoms with Crippen LogP contribution in [-0.2, 0) is 11.3 Å². The molecule has 1 aromatic heterocycles. The first-order valence-electron chi connectivity index (χ1n) is 10.5. The lowest BCUT2D eigenvalue weighted by molar-refractivity contribution is -0.127. The summed E-state index contributed by atoms with van der Waals surface area (Å²) in [6.45, 7) is 2.10. The maximum Gasteiger partial charge on any atom is 0.261 e. The summed E-state index contributed by atoms with van der Waals surface area (Å²) < 4.78 is 11.3. The number of thiophene rings is 1. The number of hydrogen-bond donors (Lipinski definition) is 2. The first-order chi connectivity index (χ1) is 16.0. The summed E-state index contributed by atoms with van der Waals surface area (Å²) in [6, 6.07) is 22.3. The van der Waals surface area contributed by atoms with E-state index in [9.17, 15) is 9.59 Å². The smallest absolute Gasteiger partial charge is 0.261 e. The summed E-state index contributed by atoms with van der Waals surface area (Å²) in [4.78, 5) is 26.9. The third kappa shape index (κ3) is 5.32. The van der Waals surface area contributed by atoms with Crippen molar-refractivity contribution >= 4 is 39.6 Å². The van der Waals surface area contributed by atoms with Crippen LogP contribution in [0.15, 0.2) is 78.2 Å². The van der Waals surface area contributed by atoms with Crippen LogP contribution in [0.2, 0.25) is 0 Å². The van der Waals surface area contributed by atoms with Gasteiger partial charge in [-0.3, -0.25) is 9.59 Å². The van der Waals surface area contributed by atoms with Crippen LogP contribution in [0.1, 0.15) is 22.2 Å². The maximum absolute atomic E-state index is 13.2. The predicted octanol–water partition coefficient (Wildman–Crippen LogP) is 5.25. The molecule has 1 atom stereocenters. The second kappa shape index (κ2) is 10.2. The molecule has 2 amide bonds. The first-order valence-corrected chi connectivity index (χ1v) is 11.4. The number of methoxy groups -OCH3 is 1. The van der Waals surface area contributed by atoms with Crippen molar-refractivity contribution in [3.63, 3.8) is 0 Å². The number of hydrogen-bond acceptors (Lipinski definition) is 5. The van der Waals surface area contributed by atoms with Crippen molar-refractivity contribution < 1.29 is 19.1 Å². The molecule has 2 N–H and O–H groups in total. The molecule has 168 valence electrons. The van der Waals surface area contributed by atoms with Gasteiger partial charge in [0.2, 0.25) is 0 Å². The van der Waals surface area contributed by atoms with Crippen molar-refractivity contribution in [1.29, 1.82) is 0 Å². The van der Waals surface area contributed by atoms with Gasteiger partial charge in [0.25, 0.3) is 11.8 Å². The summed E-state index contributed by atoms with van der Waals surface area (Å²) in [5.74, 6) is 0.273. The molecule has 4 aromatic rings. The fraction of sp³-hybridized carbons (Fsp3) is 0.154. The summed E-state index contributed by atoms with van der Waals surface area (Å²) in [6.07, 6.45) is -0.788. The van der Waals surface area contributed by atoms with Gasteiger partial charge in [0.05, 0.1) is 24.9 Å². The van der Waals surface area contributed by atoms with Crippen LogP contribution in [0.4, 0.5) is 5.69 Å². The number of amides is 2. The lowest BCUT2D eigenvalue weighted by Gasteiger charge is -2.18. The Morgan fingerprint density at radius 3 is 2.39 bits per heavy atom. The Kier molecular flexibility index (Phi) is 6.90. The Morgan fingerprint density at radius 2 is 1.67 bits per heavy atom. The van der Waals surface area contributed by atoms with Gasteiger partial charge in [0, 0.05) is 4.88 Å². The molecule has 0 spiro atoms. The SMILES string of the molecule is COc1ccccc1NC(=O)c1cc2ccccc2cc1O[C@@H](C)C(=O)NCc1cccs1. The van der Waals surface area contributed by atoms with Gasteiger partial charge in [-0.15, -0.1) is 11.3 Å². The van der Waals surface area contributed by atoms with Crippen LogP contribution in [0.5, 0.6) is 11.5 Å². The van der Waals surface area contributed by atoms with Gasteiger partial charge >= 0.3 is 0 Å². The fourth-order valence-electron chi connectivity index (χ4n) is 3.41. The molecule has 0 radical (unpaired) electrons. The van der Waals surface area contributed by atoms with Gasteiger partial charge < -0.3 is 20.1 Å². The number of ether oxygens (including phenoxy) is 2. The van der Waals surface area contributed by atoms with E-state index in [1.165, 1.54) is 0 Å². The van der Waals surface area contributed by atoms with E-state index in [2.05, 4.69) is 10.6 Å². The fourth-order valence-corrected chi connectivity index (χ4v) is 4.05. The molecule has 0 fully saturated rings. The minimum absolute atomic E-state index is 0.257. The zero-order chi connectivity index (χ0) is 23.2. The van der Waals surface area contributed by atoms with E-state index in [1.54, 1.807) is 49.6 Å². The quantitative estimate of drug-likeness (QED) is 0.377. The third-order valence-corrected chi connectivity index (χ3v) is 6.01. The van der Waals surface area contributed by atoms with Crippen LogP contribution in [-0.4, -0.2) is 25.0 Å². The number of nitrogens with one attached hydrogen (secondary N) is 2. The van der Waals surface area contributed by atoms with E-state index < -0.39 is 6.10 Å². The van der Waals surface area contributed by atoms with Crippen molar-refractivity contribution in [2.75, 3.05) is 12.4 Å². The predicted molar refractivity (Wildman–Crippen MR) is 131 cm³/mol. The minimum atomic E-state index is -0.788. The van der Waals surface area contributed by atoms with Crippen molar-refractivity contribution in [3.8, 4) is 11.5 Å². The summed E-state index contributed by atoms with van der Waals surface area (Å²) in [7, 11) is 1.55. The third-order valence-electron chi connectivity index (χ3n) is 5.14. The van der Waals surface area contributed by atoms with E-state index in [4.69, 9.17) is 9.47 Å². The summed E-state index contributed by atoms with van der Waals surface area (Å²) >= 11 is 1.57. The van der Waals surface area contributed by atoms with E-state index >= 15 is 0 Å². The Labute approximate surface area is 196 Å². The van der Waals surface area contributed by atoms with Gasteiger partial charge in [0.1, 0.15) is 11.5 Å². The lowest BCUT2D eigenvalue weighted by Crippen LogP contribution is -2.36. The second-order valence-corrected chi connectivity index (χ2v) is 8.44. The van der Waals surface area contributed by atoms with Crippen LogP contribution < -0.4 is 20.1 Å². The van der Waals surface area contributed by atoms with Crippen LogP contribution in [0, 0.1) is 0 Å². The molecule has 3 aromatic carbocycles. The number of para-hydroxylation sites is 2. The lowest BCUT2D eigenvalue weighted by atomic mass is 10.0. The van der Waals surface area contributed by atoms with Crippen molar-refractivity contribution in [2.45, 2.75) is 19.6 Å². The van der Waals surface area contributed by atoms with E-state index in [1.807, 2.05) is 53.9 Å². The molecule has 0 aliphatic rings. The monoisotopic (exact) mass is 460 g/mol. The molecule has 0 aliphatic carbocycles. The highest BCUT2D eigenvalue weighted by Gasteiger charge is 2.21. The molecule has 33 heavy (non-hydrogen) atoms. The highest BCUT2D eigenvalue weighted by Crippen LogP contribution is 2.30. The van der Waals surface area contributed by atoms with Gasteiger partial charge in [-0.1, -0.05) is 42.5 Å². The normalized spacial score (nSPS) is 11.6. The Bertz CT molecular complexity index is 1270. The first kappa shape index (κ1) is 22.4.